The van der Waals surface area contributed by atoms with E-state index >= 15 is 0 Å². The summed E-state index contributed by atoms with van der Waals surface area (Å²) in [5.41, 5.74) is 3.23. The van der Waals surface area contributed by atoms with Crippen LogP contribution in [0.2, 0.25) is 0 Å². The van der Waals surface area contributed by atoms with Crippen molar-refractivity contribution in [1.82, 2.24) is 9.88 Å². The Kier molecular flexibility index (Phi) is 5.63. The number of ether oxygens (including phenoxy) is 1. The Morgan fingerprint density at radius 3 is 2.92 bits per heavy atom. The Labute approximate surface area is 153 Å². The number of aromatic nitrogens is 1. The fraction of sp³-hybridized carbons (Fsp3) is 0.350. The van der Waals surface area contributed by atoms with Crippen molar-refractivity contribution in [2.75, 3.05) is 19.0 Å². The second kappa shape index (κ2) is 8.10. The van der Waals surface area contributed by atoms with Crippen LogP contribution in [0.5, 0.6) is 0 Å². The average molecular weight is 353 g/mol. The van der Waals surface area contributed by atoms with Crippen LogP contribution in [0.1, 0.15) is 34.3 Å². The van der Waals surface area contributed by atoms with Gasteiger partial charge < -0.3 is 15.0 Å². The Hall–Kier alpha value is -2.73. The van der Waals surface area contributed by atoms with Gasteiger partial charge in [0, 0.05) is 43.8 Å². The number of nitrogens with zero attached hydrogens (tertiary/aromatic N) is 2. The largest absolute Gasteiger partial charge is 0.368 e. The third-order valence-corrected chi connectivity index (χ3v) is 4.49. The van der Waals surface area contributed by atoms with E-state index in [2.05, 4.69) is 10.3 Å². The molecule has 6 heteroatoms. The molecule has 136 valence electrons. The van der Waals surface area contributed by atoms with Gasteiger partial charge in [0.2, 0.25) is 0 Å². The van der Waals surface area contributed by atoms with Crippen LogP contribution >= 0.6 is 0 Å². The first-order valence-electron chi connectivity index (χ1n) is 8.72. The molecule has 0 bridgehead atoms. The minimum absolute atomic E-state index is 0.102. The van der Waals surface area contributed by atoms with E-state index in [0.29, 0.717) is 24.4 Å². The van der Waals surface area contributed by atoms with E-state index in [9.17, 15) is 9.59 Å². The Morgan fingerprint density at radius 2 is 2.19 bits per heavy atom. The van der Waals surface area contributed by atoms with E-state index in [4.69, 9.17) is 4.74 Å². The van der Waals surface area contributed by atoms with E-state index in [1.807, 2.05) is 13.0 Å². The van der Waals surface area contributed by atoms with Gasteiger partial charge in [0.15, 0.2) is 0 Å². The summed E-state index contributed by atoms with van der Waals surface area (Å²) in [4.78, 5) is 30.6. The second-order valence-corrected chi connectivity index (χ2v) is 6.54. The average Bonchev–Trinajstić information content (AvgIpc) is 3.18. The van der Waals surface area contributed by atoms with Crippen LogP contribution < -0.4 is 5.32 Å². The number of rotatable bonds is 5. The van der Waals surface area contributed by atoms with Gasteiger partial charge in [-0.15, -0.1) is 0 Å². The number of anilines is 1. The molecule has 3 rings (SSSR count). The Balaban J connectivity index is 1.67. The summed E-state index contributed by atoms with van der Waals surface area (Å²) in [6.07, 6.45) is 4.75. The number of hydrogen-bond donors (Lipinski definition) is 1. The van der Waals surface area contributed by atoms with E-state index in [1.54, 1.807) is 48.6 Å². The number of pyridine rings is 1. The fourth-order valence-electron chi connectivity index (χ4n) is 2.96. The quantitative estimate of drug-likeness (QED) is 0.897. The van der Waals surface area contributed by atoms with Gasteiger partial charge in [0.1, 0.15) is 6.10 Å². The molecular formula is C20H23N3O3. The van der Waals surface area contributed by atoms with Gasteiger partial charge in [-0.3, -0.25) is 14.6 Å². The highest BCUT2D eigenvalue weighted by Gasteiger charge is 2.23. The molecule has 1 aromatic carbocycles. The zero-order chi connectivity index (χ0) is 18.5. The maximum Gasteiger partial charge on any atom is 0.253 e. The molecule has 26 heavy (non-hydrogen) atoms. The van der Waals surface area contributed by atoms with Crippen molar-refractivity contribution >= 4 is 17.5 Å². The molecule has 2 heterocycles. The van der Waals surface area contributed by atoms with Gasteiger partial charge in [-0.1, -0.05) is 6.07 Å². The molecule has 6 nitrogen and oxygen atoms in total. The topological polar surface area (TPSA) is 71.5 Å². The lowest BCUT2D eigenvalue weighted by atomic mass is 10.1. The Morgan fingerprint density at radius 1 is 1.35 bits per heavy atom. The lowest BCUT2D eigenvalue weighted by molar-refractivity contribution is -0.124. The monoisotopic (exact) mass is 353 g/mol. The molecule has 1 aliphatic heterocycles. The fourth-order valence-corrected chi connectivity index (χ4v) is 2.96. The van der Waals surface area contributed by atoms with E-state index in [-0.39, 0.29) is 11.8 Å². The van der Waals surface area contributed by atoms with Crippen molar-refractivity contribution in [2.24, 2.45) is 0 Å². The summed E-state index contributed by atoms with van der Waals surface area (Å²) in [5.74, 6) is -0.262. The van der Waals surface area contributed by atoms with Crippen LogP contribution in [0.25, 0.3) is 0 Å². The summed E-state index contributed by atoms with van der Waals surface area (Å²) in [7, 11) is 1.76. The van der Waals surface area contributed by atoms with Crippen molar-refractivity contribution in [1.29, 1.82) is 0 Å². The molecule has 1 saturated heterocycles. The summed E-state index contributed by atoms with van der Waals surface area (Å²) in [6, 6.07) is 8.91. The highest BCUT2D eigenvalue weighted by atomic mass is 16.5. The van der Waals surface area contributed by atoms with E-state index in [1.165, 1.54) is 0 Å². The Bertz CT molecular complexity index is 800. The van der Waals surface area contributed by atoms with Gasteiger partial charge >= 0.3 is 0 Å². The van der Waals surface area contributed by atoms with Crippen LogP contribution in [0.15, 0.2) is 42.7 Å². The van der Waals surface area contributed by atoms with Crippen molar-refractivity contribution in [3.05, 3.63) is 59.4 Å². The predicted octanol–water partition coefficient (Wildman–Crippen LogP) is 2.78. The van der Waals surface area contributed by atoms with Crippen LogP contribution in [0.4, 0.5) is 5.69 Å². The summed E-state index contributed by atoms with van der Waals surface area (Å²) in [5, 5.41) is 2.83. The predicted molar refractivity (Wildman–Crippen MR) is 98.8 cm³/mol. The highest BCUT2D eigenvalue weighted by Crippen LogP contribution is 2.18. The van der Waals surface area contributed by atoms with Gasteiger partial charge in [-0.05, 0) is 55.2 Å². The van der Waals surface area contributed by atoms with Gasteiger partial charge in [-0.2, -0.15) is 0 Å². The second-order valence-electron chi connectivity index (χ2n) is 6.54. The molecule has 1 N–H and O–H groups in total. The minimum atomic E-state index is -0.397. The number of carbonyl (C=O) groups excluding carboxylic acids is 2. The lowest BCUT2D eigenvalue weighted by Crippen LogP contribution is -2.28. The molecule has 1 fully saturated rings. The SMILES string of the molecule is Cc1cnccc1CN(C)C(=O)c1cccc(NC(=O)[C@@H]2CCCO2)c1. The standard InChI is InChI=1S/C20H23N3O3/c1-14-12-21-9-8-16(14)13-23(2)20(25)15-5-3-6-17(11-15)22-19(24)18-7-4-10-26-18/h3,5-6,8-9,11-12,18H,4,7,10,13H2,1-2H3,(H,22,24)/t18-/m0/s1. The number of benzene rings is 1. The van der Waals surface area contributed by atoms with Crippen LogP contribution in [-0.4, -0.2) is 41.5 Å². The van der Waals surface area contributed by atoms with Crippen molar-refractivity contribution in [2.45, 2.75) is 32.4 Å². The normalized spacial score (nSPS) is 16.3. The first-order chi connectivity index (χ1) is 12.5. The third kappa shape index (κ3) is 4.26. The molecule has 0 aliphatic carbocycles. The highest BCUT2D eigenvalue weighted by molar-refractivity contribution is 5.98. The molecule has 0 spiro atoms. The first-order valence-corrected chi connectivity index (χ1v) is 8.72. The molecule has 2 amide bonds. The van der Waals surface area contributed by atoms with E-state index < -0.39 is 6.10 Å². The lowest BCUT2D eigenvalue weighted by Gasteiger charge is -2.19. The number of aryl methyl sites for hydroxylation is 1. The zero-order valence-electron chi connectivity index (χ0n) is 15.1. The molecule has 0 unspecified atom stereocenters. The molecule has 1 aromatic heterocycles. The number of carbonyl (C=O) groups is 2. The number of amides is 2. The molecule has 2 aromatic rings. The molecular weight excluding hydrogens is 330 g/mol. The number of nitrogens with one attached hydrogen (secondary N) is 1. The van der Waals surface area contributed by atoms with Crippen LogP contribution in [0, 0.1) is 6.92 Å². The zero-order valence-corrected chi connectivity index (χ0v) is 15.1. The van der Waals surface area contributed by atoms with Crippen LogP contribution in [0.3, 0.4) is 0 Å². The minimum Gasteiger partial charge on any atom is -0.368 e. The molecule has 1 aliphatic rings. The summed E-state index contributed by atoms with van der Waals surface area (Å²) in [6.45, 7) is 3.09. The van der Waals surface area contributed by atoms with E-state index in [0.717, 1.165) is 24.0 Å². The molecule has 0 radical (unpaired) electrons. The summed E-state index contributed by atoms with van der Waals surface area (Å²) >= 11 is 0. The maximum absolute atomic E-state index is 12.7. The van der Waals surface area contributed by atoms with Gasteiger partial charge in [0.25, 0.3) is 11.8 Å². The molecule has 0 saturated carbocycles. The molecule has 1 atom stereocenters. The van der Waals surface area contributed by atoms with Crippen LogP contribution in [-0.2, 0) is 16.1 Å². The first kappa shape index (κ1) is 18.1. The summed E-state index contributed by atoms with van der Waals surface area (Å²) < 4.78 is 5.39. The van der Waals surface area contributed by atoms with Crippen molar-refractivity contribution < 1.29 is 14.3 Å². The van der Waals surface area contributed by atoms with Crippen molar-refractivity contribution in [3.63, 3.8) is 0 Å². The van der Waals surface area contributed by atoms with Crippen molar-refractivity contribution in [3.8, 4) is 0 Å². The third-order valence-electron chi connectivity index (χ3n) is 4.49. The van der Waals surface area contributed by atoms with Gasteiger partial charge in [-0.25, -0.2) is 0 Å². The smallest absolute Gasteiger partial charge is 0.253 e. The number of hydrogen-bond acceptors (Lipinski definition) is 4. The maximum atomic E-state index is 12.7. The van der Waals surface area contributed by atoms with Gasteiger partial charge in [0.05, 0.1) is 0 Å².